The number of nitrogens with one attached hydrogen (secondary N) is 1. The Morgan fingerprint density at radius 3 is 2.96 bits per heavy atom. The highest BCUT2D eigenvalue weighted by molar-refractivity contribution is 5.94. The molecule has 1 saturated heterocycles. The summed E-state index contributed by atoms with van der Waals surface area (Å²) in [4.78, 5) is 14.0. The van der Waals surface area contributed by atoms with Gasteiger partial charge in [0.15, 0.2) is 5.82 Å². The zero-order valence-corrected chi connectivity index (χ0v) is 13.2. The molecular formula is C17H18F2N4O. The summed E-state index contributed by atoms with van der Waals surface area (Å²) in [7, 11) is 0. The smallest absolute Gasteiger partial charge is 0.251 e. The van der Waals surface area contributed by atoms with Crippen molar-refractivity contribution in [2.75, 3.05) is 18.0 Å². The minimum atomic E-state index is -0.981. The van der Waals surface area contributed by atoms with E-state index in [-0.39, 0.29) is 30.6 Å². The molecular weight excluding hydrogens is 314 g/mol. The molecule has 3 rings (SSSR count). The van der Waals surface area contributed by atoms with Crippen molar-refractivity contribution in [2.24, 2.45) is 0 Å². The zero-order valence-electron chi connectivity index (χ0n) is 13.2. The highest BCUT2D eigenvalue weighted by atomic mass is 19.1. The number of benzene rings is 1. The molecule has 1 aromatic heterocycles. The van der Waals surface area contributed by atoms with Crippen molar-refractivity contribution in [1.82, 2.24) is 15.5 Å². The van der Waals surface area contributed by atoms with E-state index < -0.39 is 12.0 Å². The maximum Gasteiger partial charge on any atom is 0.251 e. The minimum absolute atomic E-state index is 0.212. The molecule has 2 aromatic rings. The van der Waals surface area contributed by atoms with Crippen LogP contribution in [0.25, 0.3) is 0 Å². The highest BCUT2D eigenvalue weighted by Crippen LogP contribution is 2.25. The fraction of sp³-hybridized carbons (Fsp3) is 0.353. The van der Waals surface area contributed by atoms with E-state index in [1.807, 2.05) is 0 Å². The Labute approximate surface area is 138 Å². The Balaban J connectivity index is 1.66. The first kappa shape index (κ1) is 16.3. The van der Waals surface area contributed by atoms with E-state index in [9.17, 15) is 13.6 Å². The fourth-order valence-corrected chi connectivity index (χ4v) is 2.83. The van der Waals surface area contributed by atoms with Crippen LogP contribution in [0.1, 0.15) is 22.3 Å². The van der Waals surface area contributed by atoms with E-state index in [2.05, 4.69) is 15.5 Å². The standard InChI is InChI=1S/C17H18F2N4O/c1-11-4-5-12(7-15(11)19)17(24)20-9-14-8-13(18)10-23(14)16-3-2-6-21-22-16/h2-7,13-14H,8-10H2,1H3,(H,20,24)/t13-,14-/m0/s1. The SMILES string of the molecule is Cc1ccc(C(=O)NC[C@@H]2C[C@H](F)CN2c2cccnn2)cc1F. The van der Waals surface area contributed by atoms with Crippen LogP contribution in [0.3, 0.4) is 0 Å². The number of hydrogen-bond acceptors (Lipinski definition) is 4. The van der Waals surface area contributed by atoms with Gasteiger partial charge in [0.05, 0.1) is 12.6 Å². The van der Waals surface area contributed by atoms with Crippen LogP contribution in [0.2, 0.25) is 0 Å². The molecule has 7 heteroatoms. The van der Waals surface area contributed by atoms with E-state index >= 15 is 0 Å². The largest absolute Gasteiger partial charge is 0.350 e. The predicted molar refractivity (Wildman–Crippen MR) is 86.1 cm³/mol. The number of halogens is 2. The molecule has 1 aliphatic heterocycles. The Morgan fingerprint density at radius 1 is 1.42 bits per heavy atom. The van der Waals surface area contributed by atoms with Gasteiger partial charge in [0, 0.05) is 24.7 Å². The van der Waals surface area contributed by atoms with Crippen LogP contribution < -0.4 is 10.2 Å². The Bertz CT molecular complexity index is 726. The van der Waals surface area contributed by atoms with Crippen LogP contribution in [0.5, 0.6) is 0 Å². The van der Waals surface area contributed by atoms with E-state index in [0.717, 1.165) is 0 Å². The molecule has 0 saturated carbocycles. The average Bonchev–Trinajstić information content (AvgIpc) is 2.97. The second-order valence-corrected chi connectivity index (χ2v) is 5.90. The predicted octanol–water partition coefficient (Wildman–Crippen LogP) is 2.27. The van der Waals surface area contributed by atoms with Gasteiger partial charge in [0.2, 0.25) is 0 Å². The van der Waals surface area contributed by atoms with Crippen molar-refractivity contribution in [3.63, 3.8) is 0 Å². The van der Waals surface area contributed by atoms with E-state index in [1.54, 1.807) is 42.3 Å². The van der Waals surface area contributed by atoms with Crippen molar-refractivity contribution in [3.8, 4) is 0 Å². The molecule has 24 heavy (non-hydrogen) atoms. The first-order chi connectivity index (χ1) is 11.5. The molecule has 0 unspecified atom stereocenters. The lowest BCUT2D eigenvalue weighted by Gasteiger charge is -2.24. The zero-order chi connectivity index (χ0) is 17.1. The number of aryl methyl sites for hydroxylation is 1. The topological polar surface area (TPSA) is 58.1 Å². The van der Waals surface area contributed by atoms with Gasteiger partial charge in [0.25, 0.3) is 5.91 Å². The lowest BCUT2D eigenvalue weighted by atomic mass is 10.1. The summed E-state index contributed by atoms with van der Waals surface area (Å²) in [6.07, 6.45) is 0.875. The summed E-state index contributed by atoms with van der Waals surface area (Å²) in [6.45, 7) is 2.11. The Kier molecular flexibility index (Phi) is 4.69. The first-order valence-electron chi connectivity index (χ1n) is 7.77. The molecule has 1 aromatic carbocycles. The van der Waals surface area contributed by atoms with Gasteiger partial charge >= 0.3 is 0 Å². The average molecular weight is 332 g/mol. The van der Waals surface area contributed by atoms with Gasteiger partial charge in [-0.05, 0) is 36.8 Å². The Morgan fingerprint density at radius 2 is 2.25 bits per heavy atom. The number of carbonyl (C=O) groups excluding carboxylic acids is 1. The molecule has 5 nitrogen and oxygen atoms in total. The summed E-state index contributed by atoms with van der Waals surface area (Å²) in [5.74, 6) is -0.220. The summed E-state index contributed by atoms with van der Waals surface area (Å²) >= 11 is 0. The number of rotatable bonds is 4. The first-order valence-corrected chi connectivity index (χ1v) is 7.77. The summed E-state index contributed by atoms with van der Waals surface area (Å²) in [6, 6.07) is 7.62. The van der Waals surface area contributed by atoms with E-state index in [4.69, 9.17) is 0 Å². The van der Waals surface area contributed by atoms with Gasteiger partial charge in [-0.1, -0.05) is 6.07 Å². The Hall–Kier alpha value is -2.57. The van der Waals surface area contributed by atoms with E-state index in [1.165, 1.54) is 6.07 Å². The number of nitrogens with zero attached hydrogens (tertiary/aromatic N) is 3. The van der Waals surface area contributed by atoms with Gasteiger partial charge < -0.3 is 10.2 Å². The lowest BCUT2D eigenvalue weighted by Crippen LogP contribution is -2.40. The molecule has 1 aliphatic rings. The molecule has 1 fully saturated rings. The van der Waals surface area contributed by atoms with Crippen LogP contribution in [-0.2, 0) is 0 Å². The fourth-order valence-electron chi connectivity index (χ4n) is 2.83. The third-order valence-corrected chi connectivity index (χ3v) is 4.15. The minimum Gasteiger partial charge on any atom is -0.350 e. The van der Waals surface area contributed by atoms with Crippen LogP contribution >= 0.6 is 0 Å². The van der Waals surface area contributed by atoms with E-state index in [0.29, 0.717) is 17.8 Å². The van der Waals surface area contributed by atoms with Crippen molar-refractivity contribution in [1.29, 1.82) is 0 Å². The van der Waals surface area contributed by atoms with Crippen molar-refractivity contribution < 1.29 is 13.6 Å². The molecule has 0 spiro atoms. The number of amides is 1. The highest BCUT2D eigenvalue weighted by Gasteiger charge is 2.33. The van der Waals surface area contributed by atoms with Crippen molar-refractivity contribution in [2.45, 2.75) is 25.6 Å². The van der Waals surface area contributed by atoms with Gasteiger partial charge in [0.1, 0.15) is 12.0 Å². The number of anilines is 1. The molecule has 2 atom stereocenters. The molecule has 1 amide bonds. The second-order valence-electron chi connectivity index (χ2n) is 5.90. The second kappa shape index (κ2) is 6.90. The third-order valence-electron chi connectivity index (χ3n) is 4.15. The van der Waals surface area contributed by atoms with Gasteiger partial charge in [-0.3, -0.25) is 4.79 Å². The van der Waals surface area contributed by atoms with Crippen LogP contribution in [0, 0.1) is 12.7 Å². The molecule has 0 bridgehead atoms. The maximum atomic E-state index is 13.8. The van der Waals surface area contributed by atoms with Gasteiger partial charge in [-0.15, -0.1) is 5.10 Å². The number of alkyl halides is 1. The summed E-state index contributed by atoms with van der Waals surface area (Å²) in [5, 5.41) is 10.6. The number of carbonyl (C=O) groups is 1. The molecule has 0 aliphatic carbocycles. The monoisotopic (exact) mass is 332 g/mol. The number of aromatic nitrogens is 2. The molecule has 1 N–H and O–H groups in total. The maximum absolute atomic E-state index is 13.8. The quantitative estimate of drug-likeness (QED) is 0.933. The van der Waals surface area contributed by atoms with Crippen molar-refractivity contribution in [3.05, 3.63) is 53.5 Å². The third kappa shape index (κ3) is 3.50. The lowest BCUT2D eigenvalue weighted by molar-refractivity contribution is 0.0950. The molecule has 126 valence electrons. The van der Waals surface area contributed by atoms with Gasteiger partial charge in [-0.2, -0.15) is 5.10 Å². The van der Waals surface area contributed by atoms with Crippen LogP contribution in [0.4, 0.5) is 14.6 Å². The van der Waals surface area contributed by atoms with Crippen LogP contribution in [-0.4, -0.2) is 41.4 Å². The summed E-state index contributed by atoms with van der Waals surface area (Å²) < 4.78 is 27.4. The molecule has 2 heterocycles. The normalized spacial score (nSPS) is 20.2. The summed E-state index contributed by atoms with van der Waals surface area (Å²) in [5.41, 5.74) is 0.732. The van der Waals surface area contributed by atoms with Crippen molar-refractivity contribution >= 4 is 11.7 Å². The van der Waals surface area contributed by atoms with Gasteiger partial charge in [-0.25, -0.2) is 8.78 Å². The number of hydrogen-bond donors (Lipinski definition) is 1. The van der Waals surface area contributed by atoms with Crippen LogP contribution in [0.15, 0.2) is 36.5 Å². The molecule has 0 radical (unpaired) electrons.